The molecule has 1 aromatic rings. The van der Waals surface area contributed by atoms with Gasteiger partial charge in [0.2, 0.25) is 10.0 Å². The molecule has 3 N–H and O–H groups in total. The van der Waals surface area contributed by atoms with Gasteiger partial charge in [-0.25, -0.2) is 12.7 Å². The SMILES string of the molecule is Cc1ccc(S(=O)(=O)N(C)CCC(=N)N)cc1. The van der Waals surface area contributed by atoms with E-state index in [1.807, 2.05) is 6.92 Å². The summed E-state index contributed by atoms with van der Waals surface area (Å²) < 4.78 is 25.3. The maximum absolute atomic E-state index is 12.1. The van der Waals surface area contributed by atoms with Crippen LogP contribution in [0.15, 0.2) is 29.2 Å². The molecule has 0 heterocycles. The number of nitrogens with two attached hydrogens (primary N) is 1. The Balaban J connectivity index is 2.87. The van der Waals surface area contributed by atoms with Crippen LogP contribution in [0.4, 0.5) is 0 Å². The van der Waals surface area contributed by atoms with E-state index in [0.29, 0.717) is 0 Å². The molecule has 0 amide bonds. The van der Waals surface area contributed by atoms with E-state index in [1.54, 1.807) is 24.3 Å². The molecule has 0 radical (unpaired) electrons. The summed E-state index contributed by atoms with van der Waals surface area (Å²) in [5.41, 5.74) is 6.21. The summed E-state index contributed by atoms with van der Waals surface area (Å²) in [5.74, 6) is -0.0176. The van der Waals surface area contributed by atoms with Gasteiger partial charge in [-0.1, -0.05) is 17.7 Å². The third-order valence-electron chi connectivity index (χ3n) is 2.43. The molecule has 0 saturated carbocycles. The van der Waals surface area contributed by atoms with Crippen molar-refractivity contribution in [3.05, 3.63) is 29.8 Å². The van der Waals surface area contributed by atoms with Crippen molar-refractivity contribution in [3.63, 3.8) is 0 Å². The van der Waals surface area contributed by atoms with E-state index in [4.69, 9.17) is 11.1 Å². The van der Waals surface area contributed by atoms with E-state index in [-0.39, 0.29) is 23.7 Å². The minimum absolute atomic E-state index is 0.0176. The molecule has 0 unspecified atom stereocenters. The van der Waals surface area contributed by atoms with E-state index in [2.05, 4.69) is 0 Å². The molecule has 5 nitrogen and oxygen atoms in total. The van der Waals surface area contributed by atoms with Crippen molar-refractivity contribution in [2.24, 2.45) is 5.73 Å². The molecule has 0 spiro atoms. The van der Waals surface area contributed by atoms with Crippen molar-refractivity contribution in [1.29, 1.82) is 5.41 Å². The van der Waals surface area contributed by atoms with Crippen molar-refractivity contribution < 1.29 is 8.42 Å². The highest BCUT2D eigenvalue weighted by atomic mass is 32.2. The minimum atomic E-state index is -3.47. The van der Waals surface area contributed by atoms with Gasteiger partial charge in [-0.2, -0.15) is 0 Å². The third-order valence-corrected chi connectivity index (χ3v) is 4.30. The van der Waals surface area contributed by atoms with Gasteiger partial charge < -0.3 is 5.73 Å². The largest absolute Gasteiger partial charge is 0.388 e. The van der Waals surface area contributed by atoms with Crippen LogP contribution in [-0.2, 0) is 10.0 Å². The third kappa shape index (κ3) is 3.54. The lowest BCUT2D eigenvalue weighted by Crippen LogP contribution is -2.30. The first-order valence-corrected chi connectivity index (χ1v) is 6.64. The molecule has 17 heavy (non-hydrogen) atoms. The Morgan fingerprint density at radius 3 is 2.35 bits per heavy atom. The molecule has 0 saturated heterocycles. The standard InChI is InChI=1S/C11H17N3O2S/c1-9-3-5-10(6-4-9)17(15,16)14(2)8-7-11(12)13/h3-6H,7-8H2,1-2H3,(H3,12,13). The fraction of sp³-hybridized carbons (Fsp3) is 0.364. The molecule has 94 valence electrons. The lowest BCUT2D eigenvalue weighted by Gasteiger charge is -2.16. The van der Waals surface area contributed by atoms with E-state index >= 15 is 0 Å². The van der Waals surface area contributed by atoms with E-state index < -0.39 is 10.0 Å². The highest BCUT2D eigenvalue weighted by Gasteiger charge is 2.20. The number of nitrogens with one attached hydrogen (secondary N) is 1. The van der Waals surface area contributed by atoms with E-state index in [1.165, 1.54) is 11.4 Å². The topological polar surface area (TPSA) is 87.2 Å². The number of sulfonamides is 1. The van der Waals surface area contributed by atoms with Gasteiger partial charge in [-0.15, -0.1) is 0 Å². The number of nitrogens with zero attached hydrogens (tertiary/aromatic N) is 1. The monoisotopic (exact) mass is 255 g/mol. The van der Waals surface area contributed by atoms with Crippen LogP contribution in [0.5, 0.6) is 0 Å². The Hall–Kier alpha value is -1.40. The smallest absolute Gasteiger partial charge is 0.242 e. The summed E-state index contributed by atoms with van der Waals surface area (Å²) >= 11 is 0. The second-order valence-corrected chi connectivity index (χ2v) is 5.96. The van der Waals surface area contributed by atoms with Crippen LogP contribution in [0.2, 0.25) is 0 Å². The Labute approximate surface area is 102 Å². The maximum atomic E-state index is 12.1. The molecule has 0 bridgehead atoms. The first kappa shape index (κ1) is 13.7. The average Bonchev–Trinajstić information content (AvgIpc) is 2.26. The first-order valence-electron chi connectivity index (χ1n) is 5.20. The van der Waals surface area contributed by atoms with Crippen molar-refractivity contribution in [1.82, 2.24) is 4.31 Å². The van der Waals surface area contributed by atoms with Gasteiger partial charge in [0.1, 0.15) is 0 Å². The van der Waals surface area contributed by atoms with Crippen molar-refractivity contribution in [2.45, 2.75) is 18.2 Å². The summed E-state index contributed by atoms with van der Waals surface area (Å²) in [4.78, 5) is 0.258. The second kappa shape index (κ2) is 5.29. The number of rotatable bonds is 5. The number of hydrogen-bond acceptors (Lipinski definition) is 3. The van der Waals surface area contributed by atoms with Gasteiger partial charge in [0.25, 0.3) is 0 Å². The normalized spacial score (nSPS) is 11.7. The lowest BCUT2D eigenvalue weighted by atomic mass is 10.2. The Kier molecular flexibility index (Phi) is 4.25. The second-order valence-electron chi connectivity index (χ2n) is 3.91. The zero-order valence-electron chi connectivity index (χ0n) is 9.97. The van der Waals surface area contributed by atoms with Gasteiger partial charge in [0, 0.05) is 20.0 Å². The molecular weight excluding hydrogens is 238 g/mol. The highest BCUT2D eigenvalue weighted by molar-refractivity contribution is 7.89. The van der Waals surface area contributed by atoms with Gasteiger partial charge in [-0.3, -0.25) is 5.41 Å². The molecule has 0 aliphatic rings. The first-order chi connectivity index (χ1) is 7.84. The van der Waals surface area contributed by atoms with Crippen molar-refractivity contribution in [3.8, 4) is 0 Å². The van der Waals surface area contributed by atoms with E-state index in [9.17, 15) is 8.42 Å². The Bertz CT molecular complexity index is 494. The molecule has 0 atom stereocenters. The molecule has 0 aliphatic carbocycles. The molecule has 6 heteroatoms. The number of hydrogen-bond donors (Lipinski definition) is 2. The number of amidine groups is 1. The number of aryl methyl sites for hydroxylation is 1. The summed E-state index contributed by atoms with van der Waals surface area (Å²) in [6.45, 7) is 2.11. The molecule has 1 rings (SSSR count). The van der Waals surface area contributed by atoms with Crippen molar-refractivity contribution >= 4 is 15.9 Å². The Morgan fingerprint density at radius 2 is 1.88 bits per heavy atom. The molecule has 0 aromatic heterocycles. The average molecular weight is 255 g/mol. The van der Waals surface area contributed by atoms with Crippen LogP contribution < -0.4 is 5.73 Å². The van der Waals surface area contributed by atoms with Crippen LogP contribution in [-0.4, -0.2) is 32.2 Å². The lowest BCUT2D eigenvalue weighted by molar-refractivity contribution is 0.478. The predicted molar refractivity (Wildman–Crippen MR) is 67.5 cm³/mol. The Morgan fingerprint density at radius 1 is 1.35 bits per heavy atom. The summed E-state index contributed by atoms with van der Waals surface area (Å²) in [5, 5.41) is 7.08. The zero-order valence-corrected chi connectivity index (χ0v) is 10.8. The quantitative estimate of drug-likeness (QED) is 0.606. The minimum Gasteiger partial charge on any atom is -0.388 e. The summed E-state index contributed by atoms with van der Waals surface area (Å²) in [7, 11) is -1.99. The molecule has 1 aromatic carbocycles. The van der Waals surface area contributed by atoms with Crippen LogP contribution in [0.25, 0.3) is 0 Å². The fourth-order valence-electron chi connectivity index (χ4n) is 1.29. The zero-order chi connectivity index (χ0) is 13.1. The van der Waals surface area contributed by atoms with Gasteiger partial charge in [-0.05, 0) is 19.1 Å². The van der Waals surface area contributed by atoms with Gasteiger partial charge in [0.15, 0.2) is 0 Å². The van der Waals surface area contributed by atoms with Crippen LogP contribution in [0.3, 0.4) is 0 Å². The fourth-order valence-corrected chi connectivity index (χ4v) is 2.46. The van der Waals surface area contributed by atoms with Crippen molar-refractivity contribution in [2.75, 3.05) is 13.6 Å². The predicted octanol–water partition coefficient (Wildman–Crippen LogP) is 0.942. The van der Waals surface area contributed by atoms with E-state index in [0.717, 1.165) is 5.56 Å². The van der Waals surface area contributed by atoms with Crippen LogP contribution in [0, 0.1) is 12.3 Å². The van der Waals surface area contributed by atoms with Gasteiger partial charge in [0.05, 0.1) is 10.7 Å². The van der Waals surface area contributed by atoms with Crippen LogP contribution in [0.1, 0.15) is 12.0 Å². The number of benzene rings is 1. The summed E-state index contributed by atoms with van der Waals surface area (Å²) in [6, 6.07) is 6.67. The molecular formula is C11H17N3O2S. The molecule has 0 aliphatic heterocycles. The molecule has 0 fully saturated rings. The maximum Gasteiger partial charge on any atom is 0.242 e. The highest BCUT2D eigenvalue weighted by Crippen LogP contribution is 2.14. The van der Waals surface area contributed by atoms with Crippen LogP contribution >= 0.6 is 0 Å². The van der Waals surface area contributed by atoms with Gasteiger partial charge >= 0.3 is 0 Å². The summed E-state index contributed by atoms with van der Waals surface area (Å²) in [6.07, 6.45) is 0.238.